The summed E-state index contributed by atoms with van der Waals surface area (Å²) in [5, 5.41) is 3.72. The monoisotopic (exact) mass is 304 g/mol. The first-order valence-electron chi connectivity index (χ1n) is 6.68. The van der Waals surface area contributed by atoms with Crippen LogP contribution in [0.3, 0.4) is 0 Å². The molecule has 0 aliphatic carbocycles. The van der Waals surface area contributed by atoms with Crippen molar-refractivity contribution in [3.8, 4) is 0 Å². The highest BCUT2D eigenvalue weighted by molar-refractivity contribution is 6.33. The van der Waals surface area contributed by atoms with Gasteiger partial charge in [-0.05, 0) is 32.0 Å². The van der Waals surface area contributed by atoms with Gasteiger partial charge in [0.25, 0.3) is 0 Å². The lowest BCUT2D eigenvalue weighted by Crippen LogP contribution is -2.42. The molecule has 1 heterocycles. The number of anilines is 1. The number of hydrogen-bond acceptors (Lipinski definition) is 4. The van der Waals surface area contributed by atoms with Crippen molar-refractivity contribution in [3.63, 3.8) is 0 Å². The lowest BCUT2D eigenvalue weighted by atomic mass is 9.93. The van der Waals surface area contributed by atoms with Gasteiger partial charge in [-0.2, -0.15) is 0 Å². The van der Waals surface area contributed by atoms with Crippen molar-refractivity contribution >= 4 is 23.3 Å². The van der Waals surface area contributed by atoms with E-state index in [-0.39, 0.29) is 5.97 Å². The van der Waals surface area contributed by atoms with E-state index in [2.05, 4.69) is 10.3 Å². The predicted octanol–water partition coefficient (Wildman–Crippen LogP) is 3.63. The zero-order chi connectivity index (χ0) is 15.3. The number of ether oxygens (including phenoxy) is 1. The summed E-state index contributed by atoms with van der Waals surface area (Å²) in [4.78, 5) is 16.5. The van der Waals surface area contributed by atoms with Crippen molar-refractivity contribution in [1.82, 2.24) is 4.98 Å². The van der Waals surface area contributed by atoms with Crippen molar-refractivity contribution < 1.29 is 9.53 Å². The van der Waals surface area contributed by atoms with Gasteiger partial charge in [-0.25, -0.2) is 4.79 Å². The standard InChI is InChI=1S/C16H17ClN2O2/c1-3-21-15(20)16(2,12-7-6-10-18-11-12)19-14-9-5-4-8-13(14)17/h4-11,19H,3H2,1-2H3. The number of pyridine rings is 1. The second kappa shape index (κ2) is 6.59. The smallest absolute Gasteiger partial charge is 0.336 e. The Labute approximate surface area is 129 Å². The van der Waals surface area contributed by atoms with Gasteiger partial charge in [0.2, 0.25) is 0 Å². The van der Waals surface area contributed by atoms with Crippen LogP contribution >= 0.6 is 11.6 Å². The summed E-state index contributed by atoms with van der Waals surface area (Å²) < 4.78 is 5.20. The van der Waals surface area contributed by atoms with Crippen molar-refractivity contribution in [2.45, 2.75) is 19.4 Å². The number of esters is 1. The third kappa shape index (κ3) is 3.34. The summed E-state index contributed by atoms with van der Waals surface area (Å²) >= 11 is 6.17. The Balaban J connectivity index is 2.42. The van der Waals surface area contributed by atoms with Crippen LogP contribution in [-0.4, -0.2) is 17.6 Å². The Kier molecular flexibility index (Phi) is 4.81. The number of carbonyl (C=O) groups is 1. The number of halogens is 1. The molecule has 0 bridgehead atoms. The van der Waals surface area contributed by atoms with E-state index in [0.29, 0.717) is 22.9 Å². The normalized spacial score (nSPS) is 13.3. The zero-order valence-electron chi connectivity index (χ0n) is 12.0. The van der Waals surface area contributed by atoms with E-state index in [1.807, 2.05) is 24.3 Å². The fourth-order valence-electron chi connectivity index (χ4n) is 2.01. The Hall–Kier alpha value is -2.07. The molecule has 0 saturated carbocycles. The van der Waals surface area contributed by atoms with Crippen molar-refractivity contribution in [3.05, 3.63) is 59.4 Å². The maximum atomic E-state index is 12.4. The molecule has 1 aromatic heterocycles. The summed E-state index contributed by atoms with van der Waals surface area (Å²) in [7, 11) is 0. The SMILES string of the molecule is CCOC(=O)C(C)(Nc1ccccc1Cl)c1cccnc1. The number of aromatic nitrogens is 1. The van der Waals surface area contributed by atoms with E-state index < -0.39 is 5.54 Å². The van der Waals surface area contributed by atoms with Crippen molar-refractivity contribution in [1.29, 1.82) is 0 Å². The van der Waals surface area contributed by atoms with Gasteiger partial charge in [0, 0.05) is 18.0 Å². The summed E-state index contributed by atoms with van der Waals surface area (Å²) in [6, 6.07) is 10.9. The Morgan fingerprint density at radius 3 is 2.71 bits per heavy atom. The van der Waals surface area contributed by atoms with Crippen LogP contribution in [0.2, 0.25) is 5.02 Å². The van der Waals surface area contributed by atoms with E-state index >= 15 is 0 Å². The first-order chi connectivity index (χ1) is 10.1. The minimum atomic E-state index is -1.06. The molecule has 21 heavy (non-hydrogen) atoms. The fourth-order valence-corrected chi connectivity index (χ4v) is 2.19. The predicted molar refractivity (Wildman–Crippen MR) is 83.3 cm³/mol. The molecule has 2 aromatic rings. The van der Waals surface area contributed by atoms with E-state index in [4.69, 9.17) is 16.3 Å². The summed E-state index contributed by atoms with van der Waals surface area (Å²) in [5.74, 6) is -0.377. The molecule has 0 fully saturated rings. The Morgan fingerprint density at radius 1 is 1.33 bits per heavy atom. The van der Waals surface area contributed by atoms with Crippen LogP contribution < -0.4 is 5.32 Å². The first-order valence-corrected chi connectivity index (χ1v) is 7.06. The minimum Gasteiger partial charge on any atom is -0.464 e. The van der Waals surface area contributed by atoms with E-state index in [0.717, 1.165) is 0 Å². The molecule has 5 heteroatoms. The molecule has 0 spiro atoms. The number of para-hydroxylation sites is 1. The number of hydrogen-bond donors (Lipinski definition) is 1. The number of carbonyl (C=O) groups excluding carboxylic acids is 1. The molecule has 4 nitrogen and oxygen atoms in total. The first kappa shape index (κ1) is 15.3. The average molecular weight is 305 g/mol. The number of benzene rings is 1. The molecule has 2 rings (SSSR count). The van der Waals surface area contributed by atoms with Crippen LogP contribution in [0, 0.1) is 0 Å². The van der Waals surface area contributed by atoms with Gasteiger partial charge in [0.05, 0.1) is 17.3 Å². The van der Waals surface area contributed by atoms with Gasteiger partial charge in [0.15, 0.2) is 5.54 Å². The molecule has 0 aliphatic heterocycles. The van der Waals surface area contributed by atoms with Gasteiger partial charge in [0.1, 0.15) is 0 Å². The van der Waals surface area contributed by atoms with Crippen LogP contribution in [0.15, 0.2) is 48.8 Å². The largest absolute Gasteiger partial charge is 0.464 e. The molecule has 0 amide bonds. The zero-order valence-corrected chi connectivity index (χ0v) is 12.7. The third-order valence-electron chi connectivity index (χ3n) is 3.18. The summed E-state index contributed by atoms with van der Waals surface area (Å²) in [6.45, 7) is 3.83. The molecule has 0 saturated heterocycles. The van der Waals surface area contributed by atoms with E-state index in [1.54, 1.807) is 38.4 Å². The maximum absolute atomic E-state index is 12.4. The second-order valence-corrected chi connectivity index (χ2v) is 5.10. The van der Waals surface area contributed by atoms with Crippen LogP contribution in [0.4, 0.5) is 5.69 Å². The molecule has 0 radical (unpaired) electrons. The van der Waals surface area contributed by atoms with Crippen LogP contribution in [0.25, 0.3) is 0 Å². The quantitative estimate of drug-likeness (QED) is 0.857. The Bertz CT molecular complexity index is 619. The van der Waals surface area contributed by atoms with Crippen LogP contribution in [0.1, 0.15) is 19.4 Å². The van der Waals surface area contributed by atoms with E-state index in [9.17, 15) is 4.79 Å². The van der Waals surface area contributed by atoms with Gasteiger partial charge >= 0.3 is 5.97 Å². The van der Waals surface area contributed by atoms with Crippen molar-refractivity contribution in [2.24, 2.45) is 0 Å². The Morgan fingerprint density at radius 2 is 2.10 bits per heavy atom. The van der Waals surface area contributed by atoms with Crippen LogP contribution in [-0.2, 0) is 15.1 Å². The lowest BCUT2D eigenvalue weighted by molar-refractivity contribution is -0.148. The minimum absolute atomic E-state index is 0.304. The maximum Gasteiger partial charge on any atom is 0.336 e. The van der Waals surface area contributed by atoms with Gasteiger partial charge in [-0.1, -0.05) is 29.8 Å². The van der Waals surface area contributed by atoms with E-state index in [1.165, 1.54) is 0 Å². The van der Waals surface area contributed by atoms with Gasteiger partial charge < -0.3 is 10.1 Å². The number of nitrogens with one attached hydrogen (secondary N) is 1. The van der Waals surface area contributed by atoms with Gasteiger partial charge in [-0.3, -0.25) is 4.98 Å². The molecular formula is C16H17ClN2O2. The molecule has 0 aliphatic rings. The van der Waals surface area contributed by atoms with Crippen LogP contribution in [0.5, 0.6) is 0 Å². The second-order valence-electron chi connectivity index (χ2n) is 4.69. The topological polar surface area (TPSA) is 51.2 Å². The highest BCUT2D eigenvalue weighted by Crippen LogP contribution is 2.31. The molecule has 110 valence electrons. The molecule has 1 unspecified atom stereocenters. The number of nitrogens with zero attached hydrogens (tertiary/aromatic N) is 1. The molecule has 1 aromatic carbocycles. The lowest BCUT2D eigenvalue weighted by Gasteiger charge is -2.30. The summed E-state index contributed by atoms with van der Waals surface area (Å²) in [6.07, 6.45) is 3.30. The fraction of sp³-hybridized carbons (Fsp3) is 0.250. The third-order valence-corrected chi connectivity index (χ3v) is 3.51. The van der Waals surface area contributed by atoms with Crippen molar-refractivity contribution in [2.75, 3.05) is 11.9 Å². The summed E-state index contributed by atoms with van der Waals surface area (Å²) in [5.41, 5.74) is 0.317. The average Bonchev–Trinajstić information content (AvgIpc) is 2.50. The number of rotatable bonds is 5. The molecule has 1 atom stereocenters. The molecule has 1 N–H and O–H groups in total. The molecular weight excluding hydrogens is 288 g/mol. The highest BCUT2D eigenvalue weighted by atomic mass is 35.5. The highest BCUT2D eigenvalue weighted by Gasteiger charge is 2.37. The van der Waals surface area contributed by atoms with Gasteiger partial charge in [-0.15, -0.1) is 0 Å².